The lowest BCUT2D eigenvalue weighted by molar-refractivity contribution is -0.177. The van der Waals surface area contributed by atoms with Gasteiger partial charge in [0.25, 0.3) is 5.91 Å². The Morgan fingerprint density at radius 3 is 2.39 bits per heavy atom. The molecule has 2 aromatic carbocycles. The molecule has 0 radical (unpaired) electrons. The molecule has 0 saturated heterocycles. The highest BCUT2D eigenvalue weighted by Crippen LogP contribution is 2.18. The second-order valence-electron chi connectivity index (χ2n) is 6.57. The molecule has 0 bridgehead atoms. The molecule has 2 rings (SSSR count). The van der Waals surface area contributed by atoms with Crippen LogP contribution in [0.3, 0.4) is 0 Å². The fourth-order valence-corrected chi connectivity index (χ4v) is 2.83. The lowest BCUT2D eigenvalue weighted by Crippen LogP contribution is -2.38. The monoisotopic (exact) mass is 383 g/mol. The van der Waals surface area contributed by atoms with Crippen LogP contribution >= 0.6 is 0 Å². The predicted molar refractivity (Wildman–Crippen MR) is 110 cm³/mol. The summed E-state index contributed by atoms with van der Waals surface area (Å²) in [6.07, 6.45) is 3.84. The summed E-state index contributed by atoms with van der Waals surface area (Å²) in [7, 11) is 2.99. The summed E-state index contributed by atoms with van der Waals surface area (Å²) in [4.78, 5) is 17.6. The Kier molecular flexibility index (Phi) is 9.42. The number of carbonyl (C=O) groups is 1. The number of hydroxylamine groups is 2. The van der Waals surface area contributed by atoms with E-state index in [0.717, 1.165) is 16.2 Å². The molecule has 150 valence electrons. The summed E-state index contributed by atoms with van der Waals surface area (Å²) in [5, 5.41) is 11.8. The van der Waals surface area contributed by atoms with Gasteiger partial charge >= 0.3 is 0 Å². The molecule has 0 saturated carbocycles. The minimum atomic E-state index is -0.818. The molecule has 0 heterocycles. The second-order valence-corrected chi connectivity index (χ2v) is 6.57. The number of aliphatic hydroxyl groups is 1. The number of amides is 1. The van der Waals surface area contributed by atoms with Crippen molar-refractivity contribution in [3.63, 3.8) is 0 Å². The molecule has 0 fully saturated rings. The highest BCUT2D eigenvalue weighted by atomic mass is 16.7. The fraction of sp³-hybridized carbons (Fsp3) is 0.348. The number of ether oxygens (including phenoxy) is 1. The Hall–Kier alpha value is -2.47. The normalized spacial score (nSPS) is 13.4. The molecule has 2 atom stereocenters. The molecular formula is C23H29NO4. The number of allylic oxidation sites excluding steroid dienone is 1. The van der Waals surface area contributed by atoms with Crippen molar-refractivity contribution in [2.45, 2.75) is 25.6 Å². The number of hydrogen-bond acceptors (Lipinski definition) is 4. The minimum Gasteiger partial charge on any atom is -0.392 e. The van der Waals surface area contributed by atoms with Gasteiger partial charge in [-0.05, 0) is 24.0 Å². The van der Waals surface area contributed by atoms with Crippen LogP contribution in [-0.2, 0) is 21.0 Å². The van der Waals surface area contributed by atoms with Gasteiger partial charge in [0.1, 0.15) is 0 Å². The maximum Gasteiger partial charge on any atom is 0.251 e. The quantitative estimate of drug-likeness (QED) is 0.475. The summed E-state index contributed by atoms with van der Waals surface area (Å²) in [5.74, 6) is -0.846. The van der Waals surface area contributed by atoms with E-state index in [1.54, 1.807) is 7.05 Å². The second kappa shape index (κ2) is 12.1. The number of aliphatic hydroxyl groups excluding tert-OH is 1. The summed E-state index contributed by atoms with van der Waals surface area (Å²) in [6.45, 7) is 0.858. The zero-order chi connectivity index (χ0) is 20.2. The van der Waals surface area contributed by atoms with Crippen LogP contribution in [-0.4, -0.2) is 42.9 Å². The molecular weight excluding hydrogens is 354 g/mol. The van der Waals surface area contributed by atoms with Crippen molar-refractivity contribution in [2.75, 3.05) is 20.8 Å². The van der Waals surface area contributed by atoms with Crippen LogP contribution in [0.5, 0.6) is 0 Å². The first-order valence-corrected chi connectivity index (χ1v) is 9.44. The Morgan fingerprint density at radius 2 is 1.75 bits per heavy atom. The number of carbonyl (C=O) groups excluding carboxylic acids is 1. The molecule has 5 nitrogen and oxygen atoms in total. The van der Waals surface area contributed by atoms with Gasteiger partial charge in [-0.15, -0.1) is 0 Å². The third kappa shape index (κ3) is 7.27. The van der Waals surface area contributed by atoms with Gasteiger partial charge in [0.15, 0.2) is 0 Å². The van der Waals surface area contributed by atoms with Crippen LogP contribution in [0.25, 0.3) is 6.08 Å². The van der Waals surface area contributed by atoms with E-state index >= 15 is 0 Å². The number of benzene rings is 2. The Labute approximate surface area is 167 Å². The topological polar surface area (TPSA) is 59.0 Å². The van der Waals surface area contributed by atoms with E-state index in [1.807, 2.05) is 72.8 Å². The number of hydrogen-bond donors (Lipinski definition) is 1. The van der Waals surface area contributed by atoms with Crippen LogP contribution in [0.15, 0.2) is 66.7 Å². The van der Waals surface area contributed by atoms with E-state index in [0.29, 0.717) is 26.1 Å². The van der Waals surface area contributed by atoms with Gasteiger partial charge < -0.3 is 9.84 Å². The highest BCUT2D eigenvalue weighted by molar-refractivity contribution is 5.78. The van der Waals surface area contributed by atoms with E-state index in [2.05, 4.69) is 0 Å². The molecule has 5 heteroatoms. The van der Waals surface area contributed by atoms with Gasteiger partial charge in [0, 0.05) is 13.7 Å². The summed E-state index contributed by atoms with van der Waals surface area (Å²) in [6, 6.07) is 19.7. The summed E-state index contributed by atoms with van der Waals surface area (Å²) in [5.41, 5.74) is 2.13. The van der Waals surface area contributed by atoms with Crippen molar-refractivity contribution in [3.8, 4) is 0 Å². The molecule has 0 unspecified atom stereocenters. The Bertz CT molecular complexity index is 718. The maximum absolute atomic E-state index is 12.6. The van der Waals surface area contributed by atoms with Crippen molar-refractivity contribution in [3.05, 3.63) is 77.9 Å². The number of nitrogens with zero attached hydrogens (tertiary/aromatic N) is 1. The zero-order valence-electron chi connectivity index (χ0n) is 16.5. The van der Waals surface area contributed by atoms with Gasteiger partial charge in [0.05, 0.1) is 25.7 Å². The molecule has 0 aromatic heterocycles. The third-order valence-electron chi connectivity index (χ3n) is 4.54. The van der Waals surface area contributed by atoms with Crippen molar-refractivity contribution < 1.29 is 19.5 Å². The third-order valence-corrected chi connectivity index (χ3v) is 4.54. The molecule has 1 amide bonds. The first kappa shape index (κ1) is 21.8. The van der Waals surface area contributed by atoms with Crippen LogP contribution in [0, 0.1) is 5.92 Å². The van der Waals surface area contributed by atoms with E-state index in [4.69, 9.17) is 9.57 Å². The standard InChI is InChI=1S/C23H29NO4/c1-24(27-2)23(26)21(15-9-14-19-10-5-3-6-11-19)22(25)16-17-28-18-20-12-7-4-8-13-20/h3-14,21-22,25H,15-18H2,1-2H3/b14-9+/t21-,22+/m0/s1. The van der Waals surface area contributed by atoms with Crippen molar-refractivity contribution in [1.82, 2.24) is 5.06 Å². The van der Waals surface area contributed by atoms with Gasteiger partial charge in [-0.1, -0.05) is 72.8 Å². The summed E-state index contributed by atoms with van der Waals surface area (Å²) >= 11 is 0. The first-order valence-electron chi connectivity index (χ1n) is 9.44. The lowest BCUT2D eigenvalue weighted by Gasteiger charge is -2.25. The SMILES string of the molecule is CON(C)C(=O)[C@@H](C/C=C/c1ccccc1)[C@H](O)CCOCc1ccccc1. The van der Waals surface area contributed by atoms with Gasteiger partial charge in [-0.2, -0.15) is 0 Å². The molecule has 0 aliphatic carbocycles. The maximum atomic E-state index is 12.6. The van der Waals surface area contributed by atoms with Gasteiger partial charge in [-0.25, -0.2) is 5.06 Å². The molecule has 0 aliphatic heterocycles. The van der Waals surface area contributed by atoms with E-state index < -0.39 is 12.0 Å². The average molecular weight is 383 g/mol. The van der Waals surface area contributed by atoms with Gasteiger partial charge in [0.2, 0.25) is 0 Å². The van der Waals surface area contributed by atoms with Crippen molar-refractivity contribution >= 4 is 12.0 Å². The average Bonchev–Trinajstić information content (AvgIpc) is 2.74. The molecule has 2 aromatic rings. The lowest BCUT2D eigenvalue weighted by atomic mass is 9.94. The Morgan fingerprint density at radius 1 is 1.11 bits per heavy atom. The van der Waals surface area contributed by atoms with Crippen LogP contribution in [0.1, 0.15) is 24.0 Å². The van der Waals surface area contributed by atoms with E-state index in [9.17, 15) is 9.90 Å². The van der Waals surface area contributed by atoms with Gasteiger partial charge in [-0.3, -0.25) is 9.63 Å². The first-order chi connectivity index (χ1) is 13.6. The highest BCUT2D eigenvalue weighted by Gasteiger charge is 2.28. The number of rotatable bonds is 11. The molecule has 0 spiro atoms. The van der Waals surface area contributed by atoms with Crippen LogP contribution in [0.4, 0.5) is 0 Å². The predicted octanol–water partition coefficient (Wildman–Crippen LogP) is 3.69. The summed E-state index contributed by atoms with van der Waals surface area (Å²) < 4.78 is 5.65. The molecule has 0 aliphatic rings. The molecule has 1 N–H and O–H groups in total. The van der Waals surface area contributed by atoms with Crippen molar-refractivity contribution in [1.29, 1.82) is 0 Å². The zero-order valence-corrected chi connectivity index (χ0v) is 16.5. The Balaban J connectivity index is 1.89. The van der Waals surface area contributed by atoms with Crippen LogP contribution < -0.4 is 0 Å². The largest absolute Gasteiger partial charge is 0.392 e. The van der Waals surface area contributed by atoms with E-state index in [1.165, 1.54) is 7.11 Å². The fourth-order valence-electron chi connectivity index (χ4n) is 2.83. The van der Waals surface area contributed by atoms with Crippen molar-refractivity contribution in [2.24, 2.45) is 5.92 Å². The minimum absolute atomic E-state index is 0.254. The van der Waals surface area contributed by atoms with E-state index in [-0.39, 0.29) is 5.91 Å². The van der Waals surface area contributed by atoms with Crippen LogP contribution in [0.2, 0.25) is 0 Å². The smallest absolute Gasteiger partial charge is 0.251 e. The molecule has 28 heavy (non-hydrogen) atoms.